The molecular formula is C50H61F2IN8O10. The van der Waals surface area contributed by atoms with Crippen molar-refractivity contribution in [3.05, 3.63) is 107 Å². The van der Waals surface area contributed by atoms with Gasteiger partial charge in [-0.05, 0) is 76.2 Å². The number of methoxy groups -OCH3 is 3. The predicted octanol–water partition coefficient (Wildman–Crippen LogP) is 8.32. The average Bonchev–Trinajstić information content (AvgIpc) is 4.13. The lowest BCUT2D eigenvalue weighted by Crippen LogP contribution is -2.27. The highest BCUT2D eigenvalue weighted by atomic mass is 127. The van der Waals surface area contributed by atoms with Gasteiger partial charge in [0.25, 0.3) is 0 Å². The van der Waals surface area contributed by atoms with Crippen LogP contribution < -0.4 is 40.6 Å². The van der Waals surface area contributed by atoms with E-state index in [1.807, 2.05) is 53.8 Å². The summed E-state index contributed by atoms with van der Waals surface area (Å²) < 4.78 is 82.7. The molecule has 382 valence electrons. The van der Waals surface area contributed by atoms with Crippen molar-refractivity contribution in [2.75, 3.05) is 116 Å². The lowest BCUT2D eigenvalue weighted by Gasteiger charge is -2.13. The van der Waals surface area contributed by atoms with Gasteiger partial charge < -0.3 is 64.3 Å². The minimum Gasteiger partial charge on any atom is -0.493 e. The number of alkyl carbamates (subject to hydrolysis) is 1. The van der Waals surface area contributed by atoms with Crippen LogP contribution in [0.25, 0.3) is 22.5 Å². The van der Waals surface area contributed by atoms with Crippen LogP contribution in [0.5, 0.6) is 23.0 Å². The molecular weight excluding hydrogens is 1040 g/mol. The van der Waals surface area contributed by atoms with Crippen LogP contribution in [0.15, 0.2) is 72.8 Å². The van der Waals surface area contributed by atoms with E-state index in [1.165, 1.54) is 31.4 Å². The molecule has 71 heavy (non-hydrogen) atoms. The number of H-pyrrole nitrogens is 2. The molecule has 2 aromatic heterocycles. The molecule has 6 aromatic rings. The Labute approximate surface area is 426 Å². The van der Waals surface area contributed by atoms with E-state index in [0.717, 1.165) is 44.8 Å². The third-order valence-electron chi connectivity index (χ3n) is 10.6. The maximum atomic E-state index is 13.6. The third-order valence-corrected chi connectivity index (χ3v) is 10.6. The van der Waals surface area contributed by atoms with Crippen LogP contribution >= 0.6 is 22.6 Å². The van der Waals surface area contributed by atoms with E-state index in [-0.39, 0.29) is 16.0 Å². The molecule has 0 fully saturated rings. The second-order valence-corrected chi connectivity index (χ2v) is 16.6. The molecule has 7 N–H and O–H groups in total. The summed E-state index contributed by atoms with van der Waals surface area (Å²) in [6, 6.07) is 20.4. The largest absolute Gasteiger partial charge is 0.493 e. The highest BCUT2D eigenvalue weighted by Crippen LogP contribution is 2.46. The van der Waals surface area contributed by atoms with Crippen LogP contribution in [0, 0.1) is 11.6 Å². The van der Waals surface area contributed by atoms with Gasteiger partial charge in [0.1, 0.15) is 24.8 Å². The first kappa shape index (κ1) is 52.6. The van der Waals surface area contributed by atoms with E-state index in [9.17, 15) is 13.6 Å². The number of aromatic amines is 2. The van der Waals surface area contributed by atoms with Gasteiger partial charge in [-0.2, -0.15) is 10.2 Å². The first-order valence-electron chi connectivity index (χ1n) is 23.4. The first-order valence-corrected chi connectivity index (χ1v) is 24.0. The maximum Gasteiger partial charge on any atom is 0.406 e. The van der Waals surface area contributed by atoms with Crippen molar-refractivity contribution in [1.82, 2.24) is 25.7 Å². The molecule has 18 nitrogen and oxygen atoms in total. The Hall–Kier alpha value is -6.24. The highest BCUT2D eigenvalue weighted by Gasteiger charge is 2.28. The normalized spacial score (nSPS) is 12.1. The molecule has 2 aliphatic carbocycles. The quantitative estimate of drug-likeness (QED) is 0.0180. The second kappa shape index (κ2) is 28.6. The molecule has 2 aliphatic rings. The fraction of sp³-hybridized carbons (Fsp3) is 0.380. The number of carbonyl (C=O) groups is 1. The summed E-state index contributed by atoms with van der Waals surface area (Å²) in [7, 11) is 4.51. The van der Waals surface area contributed by atoms with E-state index < -0.39 is 6.09 Å². The van der Waals surface area contributed by atoms with E-state index in [0.29, 0.717) is 138 Å². The molecule has 0 aliphatic heterocycles. The van der Waals surface area contributed by atoms with Crippen molar-refractivity contribution in [2.45, 2.75) is 19.8 Å². The van der Waals surface area contributed by atoms with Crippen molar-refractivity contribution in [3.63, 3.8) is 0 Å². The number of anilines is 4. The summed E-state index contributed by atoms with van der Waals surface area (Å²) in [5.41, 5.74) is 14.7. The molecule has 21 heteroatoms. The first-order chi connectivity index (χ1) is 35.0. The number of nitrogens with zero attached hydrogens (tertiary/aromatic N) is 2. The molecule has 0 saturated carbocycles. The van der Waals surface area contributed by atoms with E-state index in [1.54, 1.807) is 38.5 Å². The minimum atomic E-state index is -0.486. The van der Waals surface area contributed by atoms with E-state index in [2.05, 4.69) is 41.1 Å². The molecule has 0 radical (unpaired) electrons. The number of alkyl halides is 1. The minimum absolute atomic E-state index is 0.0533. The lowest BCUT2D eigenvalue weighted by atomic mass is 10.1. The van der Waals surface area contributed by atoms with Gasteiger partial charge in [-0.25, -0.2) is 13.6 Å². The maximum absolute atomic E-state index is 13.6. The van der Waals surface area contributed by atoms with Gasteiger partial charge >= 0.3 is 6.09 Å². The molecule has 0 spiro atoms. The number of rotatable bonds is 25. The molecule has 8 rings (SSSR count). The number of fused-ring (bicyclic) bond motifs is 6. The Morgan fingerprint density at radius 1 is 0.662 bits per heavy atom. The zero-order chi connectivity index (χ0) is 51.2. The number of carbonyl (C=O) groups excluding carboxylic acids is 1. The fourth-order valence-electron chi connectivity index (χ4n) is 7.47. The number of halogens is 3. The zero-order valence-corrected chi connectivity index (χ0v) is 42.3. The number of aromatic nitrogens is 4. The van der Waals surface area contributed by atoms with Crippen molar-refractivity contribution in [3.8, 4) is 45.5 Å². The molecule has 0 bridgehead atoms. The van der Waals surface area contributed by atoms with Gasteiger partial charge in [0.05, 0.1) is 85.6 Å². The molecule has 4 aromatic carbocycles. The van der Waals surface area contributed by atoms with Crippen LogP contribution in [-0.2, 0) is 36.5 Å². The number of amides is 1. The smallest absolute Gasteiger partial charge is 0.406 e. The van der Waals surface area contributed by atoms with Crippen LogP contribution in [0.4, 0.5) is 36.6 Å². The lowest BCUT2D eigenvalue weighted by molar-refractivity contribution is 0.0369. The topological polar surface area (TPSA) is 220 Å². The molecule has 1 atom stereocenters. The van der Waals surface area contributed by atoms with Crippen molar-refractivity contribution in [2.24, 2.45) is 5.73 Å². The summed E-state index contributed by atoms with van der Waals surface area (Å²) >= 11 is 2.01. The van der Waals surface area contributed by atoms with Crippen molar-refractivity contribution < 1.29 is 57.6 Å². The molecule has 0 saturated heterocycles. The van der Waals surface area contributed by atoms with Crippen LogP contribution in [0.1, 0.15) is 30.5 Å². The summed E-state index contributed by atoms with van der Waals surface area (Å²) in [5.74, 6) is 3.25. The van der Waals surface area contributed by atoms with E-state index in [4.69, 9.17) is 45.0 Å². The average molecular weight is 1100 g/mol. The number of ether oxygens (including phenoxy) is 9. The van der Waals surface area contributed by atoms with Gasteiger partial charge in [0.2, 0.25) is 0 Å². The van der Waals surface area contributed by atoms with Crippen molar-refractivity contribution in [1.29, 1.82) is 0 Å². The number of hydrogen-bond donors (Lipinski definition) is 6. The van der Waals surface area contributed by atoms with Gasteiger partial charge in [0.15, 0.2) is 34.6 Å². The monoisotopic (exact) mass is 1100 g/mol. The number of hydrogen-bond acceptors (Lipinski definition) is 15. The number of nitrogens with one attached hydrogen (secondary N) is 5. The van der Waals surface area contributed by atoms with Crippen molar-refractivity contribution >= 4 is 51.7 Å². The standard InChI is InChI=1S/C25H29FN4O6.C23H27FN4O4.C2H5I/c1-32-21-15-19-16(12-20-23(19)29-30-24(20)28-18-5-3-4-17(26)14-18)13-22(21)36-11-10-35-9-8-34-7-6-27-25(31)33-2;1-29-20-14-18-15(12-21(20)32-10-9-31-8-7-30-6-5-25)11-19-22(18)27-28-23(19)26-17-4-2-3-16(24)13-17;1-2-3/h3-5,13-15H,6-12H2,1-2H3,(H,27,31)(H2,28,29,30);2-4,12-14H,5-11,25H2,1H3,(H2,26,27,28);2H2,1H3/i;;2D. The number of nitrogens with two attached hydrogens (primary N) is 1. The Morgan fingerprint density at radius 2 is 1.10 bits per heavy atom. The van der Waals surface area contributed by atoms with Crippen LogP contribution in [-0.4, -0.2) is 131 Å². The van der Waals surface area contributed by atoms with Gasteiger partial charge in [0, 0.05) is 60.9 Å². The summed E-state index contributed by atoms with van der Waals surface area (Å²) in [4.78, 5) is 10.9. The Balaban J connectivity index is 0.000000220. The number of benzene rings is 4. The summed E-state index contributed by atoms with van der Waals surface area (Å²) in [5, 5.41) is 23.8. The van der Waals surface area contributed by atoms with Gasteiger partial charge in [-0.3, -0.25) is 10.2 Å². The van der Waals surface area contributed by atoms with Gasteiger partial charge in [-0.15, -0.1) is 0 Å². The van der Waals surface area contributed by atoms with Crippen LogP contribution in [0.3, 0.4) is 0 Å². The highest BCUT2D eigenvalue weighted by molar-refractivity contribution is 14.1. The molecule has 1 amide bonds. The second-order valence-electron chi connectivity index (χ2n) is 15.4. The third kappa shape index (κ3) is 15.6. The van der Waals surface area contributed by atoms with Crippen LogP contribution in [0.2, 0.25) is 0 Å². The molecule has 1 unspecified atom stereocenters. The Morgan fingerprint density at radius 3 is 1.52 bits per heavy atom. The molecule has 2 heterocycles. The Bertz CT molecular complexity index is 2660. The fourth-order valence-corrected chi connectivity index (χ4v) is 7.47. The summed E-state index contributed by atoms with van der Waals surface area (Å²) in [6.45, 7) is 6.98. The summed E-state index contributed by atoms with van der Waals surface area (Å²) in [6.07, 6.45) is 0.839. The van der Waals surface area contributed by atoms with E-state index >= 15 is 0 Å². The SMILES string of the molecule is COC(=O)NCCOCCOCCOc1cc2c(cc1OC)-c1[nH]nc(Nc3cccc(F)c3)c1C2.COc1cc2c(cc1OCCOCCOCCN)Cc1c(Nc3cccc(F)c3)n[nH]c1-2.[2H]C(C)I. The zero-order valence-electron chi connectivity index (χ0n) is 41.1. The Kier molecular flexibility index (Phi) is 21.2. The van der Waals surface area contributed by atoms with Gasteiger partial charge in [-0.1, -0.05) is 41.6 Å². The predicted molar refractivity (Wildman–Crippen MR) is 274 cm³/mol.